The summed E-state index contributed by atoms with van der Waals surface area (Å²) in [6, 6.07) is 6.46. The molecule has 0 saturated carbocycles. The number of hydrogen-bond acceptors (Lipinski definition) is 2. The second-order valence-corrected chi connectivity index (χ2v) is 3.10. The zero-order valence-electron chi connectivity index (χ0n) is 7.91. The van der Waals surface area contributed by atoms with E-state index in [0.29, 0.717) is 17.7 Å². The third-order valence-electron chi connectivity index (χ3n) is 1.56. The molecule has 0 atom stereocenters. The lowest BCUT2D eigenvalue weighted by Crippen LogP contribution is -2.03. The number of thiol groups is 1. The second-order valence-electron chi connectivity index (χ2n) is 2.65. The number of rotatable bonds is 3. The molecule has 1 aromatic rings. The third kappa shape index (κ3) is 4.22. The molecule has 15 heavy (non-hydrogen) atoms. The van der Waals surface area contributed by atoms with Gasteiger partial charge in [-0.05, 0) is 12.1 Å². The molecule has 0 aliphatic rings. The molecule has 0 aliphatic heterocycles. The van der Waals surface area contributed by atoms with Gasteiger partial charge in [-0.25, -0.2) is 0 Å². The molecule has 1 aromatic carbocycles. The van der Waals surface area contributed by atoms with E-state index in [1.807, 2.05) is 0 Å². The minimum atomic E-state index is -2.82. The summed E-state index contributed by atoms with van der Waals surface area (Å²) in [4.78, 5) is 0. The highest BCUT2D eigenvalue weighted by Gasteiger charge is 2.06. The molecule has 1 rings (SSSR count). The van der Waals surface area contributed by atoms with Crippen LogP contribution in [0.15, 0.2) is 24.3 Å². The fourth-order valence-electron chi connectivity index (χ4n) is 0.982. The number of benzene rings is 1. The van der Waals surface area contributed by atoms with Gasteiger partial charge >= 0.3 is 6.61 Å². The van der Waals surface area contributed by atoms with E-state index in [9.17, 15) is 8.78 Å². The molecule has 80 valence electrons. The lowest BCUT2D eigenvalue weighted by molar-refractivity contribution is -0.0500. The maximum atomic E-state index is 12.0. The number of halogens is 2. The lowest BCUT2D eigenvalue weighted by atomic mass is 10.2. The Balaban J connectivity index is 2.83. The fourth-order valence-corrected chi connectivity index (χ4v) is 1.09. The van der Waals surface area contributed by atoms with Crippen LogP contribution in [0, 0.1) is 11.8 Å². The molecule has 0 N–H and O–H groups in total. The van der Waals surface area contributed by atoms with Gasteiger partial charge in [0.05, 0.1) is 5.56 Å². The van der Waals surface area contributed by atoms with Crippen molar-refractivity contribution in [3.63, 3.8) is 0 Å². The van der Waals surface area contributed by atoms with Crippen molar-refractivity contribution in [2.24, 2.45) is 0 Å². The zero-order chi connectivity index (χ0) is 11.1. The number of hydrogen-bond donors (Lipinski definition) is 1. The number of alkyl halides is 2. The Morgan fingerprint density at radius 1 is 1.33 bits per heavy atom. The molecule has 0 fully saturated rings. The van der Waals surface area contributed by atoms with Gasteiger partial charge in [0.15, 0.2) is 0 Å². The Kier molecular flexibility index (Phi) is 4.99. The van der Waals surface area contributed by atoms with Crippen molar-refractivity contribution < 1.29 is 13.5 Å². The molecule has 1 nitrogen and oxygen atoms in total. The van der Waals surface area contributed by atoms with Crippen molar-refractivity contribution in [2.75, 3.05) is 5.75 Å². The number of ether oxygens (including phenoxy) is 1. The highest BCUT2D eigenvalue weighted by atomic mass is 32.1. The molecule has 0 aliphatic carbocycles. The van der Waals surface area contributed by atoms with E-state index in [1.54, 1.807) is 18.2 Å². The van der Waals surface area contributed by atoms with Crippen LogP contribution in [0.2, 0.25) is 0 Å². The summed E-state index contributed by atoms with van der Waals surface area (Å²) in [7, 11) is 0. The standard InChI is InChI=1S/C11H10F2OS/c12-11(13)14-10-7-2-1-5-9(10)6-3-4-8-15/h1-2,5,7,11,15H,4,8H2. The zero-order valence-corrected chi connectivity index (χ0v) is 8.81. The Bertz CT molecular complexity index is 368. The van der Waals surface area contributed by atoms with Gasteiger partial charge in [-0.1, -0.05) is 24.0 Å². The summed E-state index contributed by atoms with van der Waals surface area (Å²) in [5.74, 6) is 6.33. The van der Waals surface area contributed by atoms with E-state index >= 15 is 0 Å². The van der Waals surface area contributed by atoms with Gasteiger partial charge in [0.25, 0.3) is 0 Å². The van der Waals surface area contributed by atoms with Crippen molar-refractivity contribution in [1.82, 2.24) is 0 Å². The largest absolute Gasteiger partial charge is 0.434 e. The first-order chi connectivity index (χ1) is 7.24. The first-order valence-electron chi connectivity index (χ1n) is 4.37. The van der Waals surface area contributed by atoms with Crippen molar-refractivity contribution in [3.05, 3.63) is 29.8 Å². The van der Waals surface area contributed by atoms with Gasteiger partial charge in [0.2, 0.25) is 0 Å². The minimum absolute atomic E-state index is 0.110. The average molecular weight is 228 g/mol. The van der Waals surface area contributed by atoms with Crippen molar-refractivity contribution >= 4 is 12.6 Å². The van der Waals surface area contributed by atoms with E-state index in [-0.39, 0.29) is 5.75 Å². The summed E-state index contributed by atoms with van der Waals surface area (Å²) >= 11 is 3.99. The lowest BCUT2D eigenvalue weighted by Gasteiger charge is -2.05. The van der Waals surface area contributed by atoms with Crippen LogP contribution in [0.5, 0.6) is 5.75 Å². The van der Waals surface area contributed by atoms with Crippen LogP contribution in [-0.4, -0.2) is 12.4 Å². The first kappa shape index (κ1) is 11.9. The Hall–Kier alpha value is -1.21. The predicted molar refractivity (Wildman–Crippen MR) is 58.4 cm³/mol. The van der Waals surface area contributed by atoms with Crippen LogP contribution in [-0.2, 0) is 0 Å². The van der Waals surface area contributed by atoms with Gasteiger partial charge in [-0.2, -0.15) is 21.4 Å². The summed E-state index contributed by atoms with van der Waals surface area (Å²) < 4.78 is 28.3. The van der Waals surface area contributed by atoms with Crippen LogP contribution >= 0.6 is 12.6 Å². The smallest absolute Gasteiger partial charge is 0.387 e. The maximum absolute atomic E-state index is 12.0. The van der Waals surface area contributed by atoms with Gasteiger partial charge in [-0.15, -0.1) is 0 Å². The van der Waals surface area contributed by atoms with Gasteiger partial charge in [0, 0.05) is 12.2 Å². The highest BCUT2D eigenvalue weighted by molar-refractivity contribution is 7.80. The van der Waals surface area contributed by atoms with Gasteiger partial charge < -0.3 is 4.74 Å². The van der Waals surface area contributed by atoms with Crippen molar-refractivity contribution in [2.45, 2.75) is 13.0 Å². The Morgan fingerprint density at radius 3 is 2.73 bits per heavy atom. The maximum Gasteiger partial charge on any atom is 0.387 e. The molecule has 0 bridgehead atoms. The molecule has 0 heterocycles. The van der Waals surface area contributed by atoms with Crippen molar-refractivity contribution in [1.29, 1.82) is 0 Å². The molecule has 0 spiro atoms. The molecule has 4 heteroatoms. The third-order valence-corrected chi connectivity index (χ3v) is 1.79. The highest BCUT2D eigenvalue weighted by Crippen LogP contribution is 2.18. The average Bonchev–Trinajstić information content (AvgIpc) is 2.20. The summed E-state index contributed by atoms with van der Waals surface area (Å²) in [6.45, 7) is -2.82. The quantitative estimate of drug-likeness (QED) is 0.618. The fraction of sp³-hybridized carbons (Fsp3) is 0.273. The topological polar surface area (TPSA) is 9.23 Å². The molecule has 0 unspecified atom stereocenters. The summed E-state index contributed by atoms with van der Waals surface area (Å²) in [5.41, 5.74) is 0.472. The van der Waals surface area contributed by atoms with Crippen LogP contribution in [0.4, 0.5) is 8.78 Å². The van der Waals surface area contributed by atoms with Crippen LogP contribution in [0.3, 0.4) is 0 Å². The van der Waals surface area contributed by atoms with E-state index in [1.165, 1.54) is 6.07 Å². The van der Waals surface area contributed by atoms with E-state index < -0.39 is 6.61 Å². The van der Waals surface area contributed by atoms with E-state index in [4.69, 9.17) is 0 Å². The summed E-state index contributed by atoms with van der Waals surface area (Å²) in [5, 5.41) is 0. The van der Waals surface area contributed by atoms with Gasteiger partial charge in [0.1, 0.15) is 5.75 Å². The van der Waals surface area contributed by atoms with Crippen LogP contribution in [0.25, 0.3) is 0 Å². The second kappa shape index (κ2) is 6.31. The Labute approximate surface area is 92.9 Å². The monoisotopic (exact) mass is 228 g/mol. The predicted octanol–water partition coefficient (Wildman–Crippen LogP) is 2.96. The SMILES string of the molecule is FC(F)Oc1ccccc1C#CCCS. The number of para-hydroxylation sites is 1. The molecular weight excluding hydrogens is 218 g/mol. The van der Waals surface area contributed by atoms with Crippen LogP contribution in [0.1, 0.15) is 12.0 Å². The molecule has 0 amide bonds. The molecule has 0 radical (unpaired) electrons. The van der Waals surface area contributed by atoms with Crippen LogP contribution < -0.4 is 4.74 Å². The van der Waals surface area contributed by atoms with Gasteiger partial charge in [-0.3, -0.25) is 0 Å². The minimum Gasteiger partial charge on any atom is -0.434 e. The van der Waals surface area contributed by atoms with E-state index in [2.05, 4.69) is 29.2 Å². The van der Waals surface area contributed by atoms with E-state index in [0.717, 1.165) is 0 Å². The molecule has 0 aromatic heterocycles. The summed E-state index contributed by atoms with van der Waals surface area (Å²) in [6.07, 6.45) is 0.617. The first-order valence-corrected chi connectivity index (χ1v) is 5.01. The molecular formula is C11H10F2OS. The molecule has 0 saturated heterocycles. The van der Waals surface area contributed by atoms with Crippen molar-refractivity contribution in [3.8, 4) is 17.6 Å². The Morgan fingerprint density at radius 2 is 2.07 bits per heavy atom. The normalized spacial score (nSPS) is 9.60.